The zero-order valence-corrected chi connectivity index (χ0v) is 18.0. The Morgan fingerprint density at radius 3 is 2.38 bits per heavy atom. The van der Waals surface area contributed by atoms with Gasteiger partial charge in [0, 0.05) is 13.6 Å². The number of aromatic nitrogens is 4. The molecule has 7 nitrogen and oxygen atoms in total. The summed E-state index contributed by atoms with van der Waals surface area (Å²) in [6.07, 6.45) is 2.81. The van der Waals surface area contributed by atoms with E-state index in [0.29, 0.717) is 17.9 Å². The monoisotopic (exact) mass is 377 g/mol. The molecule has 0 N–H and O–H groups in total. The Morgan fingerprint density at radius 1 is 1.23 bits per heavy atom. The van der Waals surface area contributed by atoms with Crippen molar-refractivity contribution in [2.24, 2.45) is 13.0 Å². The van der Waals surface area contributed by atoms with Gasteiger partial charge in [0.05, 0.1) is 12.3 Å². The molecule has 2 rings (SSSR count). The first kappa shape index (κ1) is 20.5. The van der Waals surface area contributed by atoms with Crippen LogP contribution in [-0.4, -0.2) is 27.4 Å². The molecular formula is C18H29N4O3Si. The molecule has 0 aliphatic carbocycles. The van der Waals surface area contributed by atoms with Gasteiger partial charge in [0.15, 0.2) is 19.5 Å². The molecule has 0 spiro atoms. The van der Waals surface area contributed by atoms with Gasteiger partial charge < -0.3 is 4.43 Å². The smallest absolute Gasteiger partial charge is 0.332 e. The zero-order chi connectivity index (χ0) is 19.9. The SMILES string of the molecule is CC(C)Cn1c(=O)n(C)c(=O)c2n[c]c(CO[Si](C)(C)C(C)(C)C)nc21. The summed E-state index contributed by atoms with van der Waals surface area (Å²) in [5.41, 5.74) is 0.134. The lowest BCUT2D eigenvalue weighted by atomic mass is 10.2. The van der Waals surface area contributed by atoms with Crippen molar-refractivity contribution in [2.45, 2.75) is 65.9 Å². The van der Waals surface area contributed by atoms with E-state index in [1.807, 2.05) is 13.8 Å². The fraction of sp³-hybridized carbons (Fsp3) is 0.667. The van der Waals surface area contributed by atoms with Crippen LogP contribution in [0, 0.1) is 12.1 Å². The molecule has 143 valence electrons. The molecule has 2 aromatic rings. The van der Waals surface area contributed by atoms with Crippen molar-refractivity contribution >= 4 is 19.5 Å². The van der Waals surface area contributed by atoms with Crippen LogP contribution in [0.4, 0.5) is 0 Å². The molecule has 0 saturated carbocycles. The molecule has 0 saturated heterocycles. The lowest BCUT2D eigenvalue weighted by Gasteiger charge is -2.35. The average molecular weight is 378 g/mol. The molecule has 2 heterocycles. The molecule has 2 aromatic heterocycles. The minimum atomic E-state index is -1.95. The quantitative estimate of drug-likeness (QED) is 0.748. The van der Waals surface area contributed by atoms with Gasteiger partial charge >= 0.3 is 5.69 Å². The third-order valence-corrected chi connectivity index (χ3v) is 9.43. The average Bonchev–Trinajstić information content (AvgIpc) is 2.53. The second kappa shape index (κ2) is 7.07. The number of fused-ring (bicyclic) bond motifs is 1. The maximum atomic E-state index is 12.5. The molecule has 0 atom stereocenters. The van der Waals surface area contributed by atoms with Gasteiger partial charge in [-0.2, -0.15) is 0 Å². The van der Waals surface area contributed by atoms with E-state index in [2.05, 4.69) is 50.0 Å². The molecule has 0 aliphatic heterocycles. The number of rotatable bonds is 5. The summed E-state index contributed by atoms with van der Waals surface area (Å²) in [6, 6.07) is 0. The van der Waals surface area contributed by atoms with Gasteiger partial charge in [-0.15, -0.1) is 0 Å². The summed E-state index contributed by atoms with van der Waals surface area (Å²) in [4.78, 5) is 33.5. The van der Waals surface area contributed by atoms with Crippen LogP contribution < -0.4 is 11.2 Å². The van der Waals surface area contributed by atoms with Crippen molar-refractivity contribution in [3.63, 3.8) is 0 Å². The molecule has 0 aromatic carbocycles. The predicted molar refractivity (Wildman–Crippen MR) is 105 cm³/mol. The maximum Gasteiger partial charge on any atom is 0.332 e. The van der Waals surface area contributed by atoms with Crippen LogP contribution in [0.25, 0.3) is 11.2 Å². The van der Waals surface area contributed by atoms with Crippen molar-refractivity contribution in [1.29, 1.82) is 0 Å². The molecule has 0 aliphatic rings. The Bertz CT molecular complexity index is 923. The Morgan fingerprint density at radius 2 is 1.85 bits per heavy atom. The third kappa shape index (κ3) is 3.96. The van der Waals surface area contributed by atoms with Crippen LogP contribution in [0.5, 0.6) is 0 Å². The van der Waals surface area contributed by atoms with Crippen molar-refractivity contribution in [2.75, 3.05) is 0 Å². The van der Waals surface area contributed by atoms with Crippen LogP contribution in [0.1, 0.15) is 40.3 Å². The number of hydrogen-bond donors (Lipinski definition) is 0. The fourth-order valence-electron chi connectivity index (χ4n) is 2.28. The Balaban J connectivity index is 2.51. The molecule has 0 amide bonds. The summed E-state index contributed by atoms with van der Waals surface area (Å²) in [7, 11) is -0.492. The predicted octanol–water partition coefficient (Wildman–Crippen LogP) is 2.47. The van der Waals surface area contributed by atoms with Crippen molar-refractivity contribution in [3.8, 4) is 0 Å². The Kier molecular flexibility index (Phi) is 5.58. The van der Waals surface area contributed by atoms with Crippen molar-refractivity contribution < 1.29 is 4.43 Å². The first-order valence-corrected chi connectivity index (χ1v) is 11.8. The van der Waals surface area contributed by atoms with E-state index >= 15 is 0 Å². The standard InChI is InChI=1S/C18H29N4O3Si/c1-12(2)10-22-15-14(16(23)21(6)17(22)24)19-9-13(20-15)11-25-26(7,8)18(3,4)5/h12H,10-11H2,1-8H3. The van der Waals surface area contributed by atoms with E-state index in [1.54, 1.807) is 0 Å². The van der Waals surface area contributed by atoms with Gasteiger partial charge in [-0.3, -0.25) is 13.9 Å². The lowest BCUT2D eigenvalue weighted by molar-refractivity contribution is 0.271. The summed E-state index contributed by atoms with van der Waals surface area (Å²) < 4.78 is 8.75. The largest absolute Gasteiger partial charge is 0.411 e. The number of hydrogen-bond acceptors (Lipinski definition) is 5. The van der Waals surface area contributed by atoms with Gasteiger partial charge in [-0.05, 0) is 24.1 Å². The molecule has 0 unspecified atom stereocenters. The van der Waals surface area contributed by atoms with E-state index in [1.165, 1.54) is 11.6 Å². The molecule has 8 heteroatoms. The van der Waals surface area contributed by atoms with Gasteiger partial charge in [0.1, 0.15) is 6.20 Å². The zero-order valence-electron chi connectivity index (χ0n) is 17.0. The first-order chi connectivity index (χ1) is 11.8. The van der Waals surface area contributed by atoms with Crippen LogP contribution in [0.2, 0.25) is 18.1 Å². The minimum Gasteiger partial charge on any atom is -0.411 e. The second-order valence-electron chi connectivity index (χ2n) is 8.65. The van der Waals surface area contributed by atoms with Crippen LogP contribution in [0.15, 0.2) is 9.59 Å². The summed E-state index contributed by atoms with van der Waals surface area (Å²) >= 11 is 0. The maximum absolute atomic E-state index is 12.5. The summed E-state index contributed by atoms with van der Waals surface area (Å²) in [5, 5.41) is 0.0763. The normalized spacial score (nSPS) is 13.0. The topological polar surface area (TPSA) is 79.0 Å². The van der Waals surface area contributed by atoms with Crippen molar-refractivity contribution in [1.82, 2.24) is 19.1 Å². The van der Waals surface area contributed by atoms with Crippen molar-refractivity contribution in [3.05, 3.63) is 32.7 Å². The molecule has 1 radical (unpaired) electrons. The van der Waals surface area contributed by atoms with Gasteiger partial charge in [0.25, 0.3) is 5.56 Å². The minimum absolute atomic E-state index is 0.0763. The number of nitrogens with zero attached hydrogens (tertiary/aromatic N) is 4. The Labute approximate surface area is 155 Å². The summed E-state index contributed by atoms with van der Waals surface area (Å²) in [6.45, 7) is 15.6. The highest BCUT2D eigenvalue weighted by atomic mass is 28.4. The van der Waals surface area contributed by atoms with Crippen LogP contribution in [0.3, 0.4) is 0 Å². The van der Waals surface area contributed by atoms with Gasteiger partial charge in [-0.1, -0.05) is 34.6 Å². The highest BCUT2D eigenvalue weighted by Crippen LogP contribution is 2.36. The van der Waals surface area contributed by atoms with E-state index < -0.39 is 13.9 Å². The lowest BCUT2D eigenvalue weighted by Crippen LogP contribution is -2.41. The highest BCUT2D eigenvalue weighted by molar-refractivity contribution is 6.74. The van der Waals surface area contributed by atoms with Gasteiger partial charge in [0.2, 0.25) is 0 Å². The van der Waals surface area contributed by atoms with Crippen LogP contribution >= 0.6 is 0 Å². The van der Waals surface area contributed by atoms with E-state index in [0.717, 1.165) is 4.57 Å². The highest BCUT2D eigenvalue weighted by Gasteiger charge is 2.37. The first-order valence-electron chi connectivity index (χ1n) is 8.87. The van der Waals surface area contributed by atoms with Crippen LogP contribution in [-0.2, 0) is 24.6 Å². The van der Waals surface area contributed by atoms with E-state index in [9.17, 15) is 9.59 Å². The third-order valence-electron chi connectivity index (χ3n) is 4.95. The molecule has 0 bridgehead atoms. The van der Waals surface area contributed by atoms with Gasteiger partial charge in [-0.25, -0.2) is 14.8 Å². The Hall–Kier alpha value is -1.80. The van der Waals surface area contributed by atoms with E-state index in [-0.39, 0.29) is 28.8 Å². The fourth-order valence-corrected chi connectivity index (χ4v) is 3.22. The molecule has 0 fully saturated rings. The molecule has 26 heavy (non-hydrogen) atoms. The van der Waals surface area contributed by atoms with E-state index in [4.69, 9.17) is 4.43 Å². The summed E-state index contributed by atoms with van der Waals surface area (Å²) in [5.74, 6) is 0.228. The second-order valence-corrected chi connectivity index (χ2v) is 13.5. The molecular weight excluding hydrogens is 348 g/mol.